The molecule has 0 aliphatic heterocycles. The number of alkyl halides is 4. The molecule has 0 saturated heterocycles. The minimum absolute atomic E-state index is 0.0261. The van der Waals surface area contributed by atoms with E-state index in [4.69, 9.17) is 11.6 Å². The smallest absolute Gasteiger partial charge is 0.166 e. The van der Waals surface area contributed by atoms with Crippen LogP contribution < -0.4 is 0 Å². The molecule has 0 radical (unpaired) electrons. The van der Waals surface area contributed by atoms with Gasteiger partial charge in [0.2, 0.25) is 0 Å². The summed E-state index contributed by atoms with van der Waals surface area (Å²) < 4.78 is 36.7. The average molecular weight is 273 g/mol. The number of rotatable bonds is 1. The predicted octanol–water partition coefficient (Wildman–Crippen LogP) is 4.21. The van der Waals surface area contributed by atoms with Crippen molar-refractivity contribution in [3.8, 4) is 0 Å². The lowest BCUT2D eigenvalue weighted by atomic mass is 10.1. The summed E-state index contributed by atoms with van der Waals surface area (Å²) in [5.74, 6) is 0.205. The lowest BCUT2D eigenvalue weighted by molar-refractivity contribution is -0.138. The van der Waals surface area contributed by atoms with Crippen molar-refractivity contribution in [2.45, 2.75) is 12.1 Å². The normalized spacial score (nSPS) is 11.8. The van der Waals surface area contributed by atoms with Gasteiger partial charge in [0.05, 0.1) is 5.56 Å². The highest BCUT2D eigenvalue weighted by Crippen LogP contribution is 2.35. The Morgan fingerprint density at radius 3 is 2.31 bits per heavy atom. The minimum Gasteiger partial charge on any atom is -0.166 e. The highest BCUT2D eigenvalue weighted by atomic mass is 79.9. The Morgan fingerprint density at radius 2 is 1.92 bits per heavy atom. The van der Waals surface area contributed by atoms with Crippen LogP contribution in [0.25, 0.3) is 0 Å². The molecule has 0 amide bonds. The van der Waals surface area contributed by atoms with Gasteiger partial charge in [-0.1, -0.05) is 22.0 Å². The molecular formula is C8H5BrClF3. The maximum atomic E-state index is 12.2. The van der Waals surface area contributed by atoms with Crippen LogP contribution in [0.2, 0.25) is 0 Å². The summed E-state index contributed by atoms with van der Waals surface area (Å²) in [6.07, 6.45) is -4.32. The van der Waals surface area contributed by atoms with Gasteiger partial charge in [-0.2, -0.15) is 13.2 Å². The fourth-order valence-electron chi connectivity index (χ4n) is 0.872. The van der Waals surface area contributed by atoms with Gasteiger partial charge in [0.15, 0.2) is 0 Å². The van der Waals surface area contributed by atoms with Crippen molar-refractivity contribution in [3.05, 3.63) is 33.8 Å². The summed E-state index contributed by atoms with van der Waals surface area (Å²) in [5.41, 5.74) is -0.0251. The third-order valence-electron chi connectivity index (χ3n) is 1.49. The van der Waals surface area contributed by atoms with Crippen LogP contribution in [0.3, 0.4) is 0 Å². The van der Waals surface area contributed by atoms with Gasteiger partial charge in [-0.05, 0) is 17.7 Å². The fourth-order valence-corrected chi connectivity index (χ4v) is 1.69. The van der Waals surface area contributed by atoms with Crippen LogP contribution in [-0.4, -0.2) is 0 Å². The zero-order valence-corrected chi connectivity index (χ0v) is 8.67. The van der Waals surface area contributed by atoms with Crippen LogP contribution in [0.1, 0.15) is 11.1 Å². The number of halogens is 5. The summed E-state index contributed by atoms with van der Waals surface area (Å²) in [6.45, 7) is 0. The quantitative estimate of drug-likeness (QED) is 0.673. The van der Waals surface area contributed by atoms with E-state index >= 15 is 0 Å². The molecular weight excluding hydrogens is 268 g/mol. The van der Waals surface area contributed by atoms with E-state index in [1.807, 2.05) is 0 Å². The third-order valence-corrected chi connectivity index (χ3v) is 2.46. The maximum Gasteiger partial charge on any atom is 0.417 e. The van der Waals surface area contributed by atoms with E-state index in [-0.39, 0.29) is 10.4 Å². The topological polar surface area (TPSA) is 0 Å². The highest BCUT2D eigenvalue weighted by Gasteiger charge is 2.32. The molecule has 0 bridgehead atoms. The Hall–Kier alpha value is -0.220. The van der Waals surface area contributed by atoms with E-state index in [1.54, 1.807) is 0 Å². The second-order valence-corrected chi connectivity index (χ2v) is 3.57. The molecule has 0 N–H and O–H groups in total. The molecule has 0 nitrogen and oxygen atoms in total. The molecule has 13 heavy (non-hydrogen) atoms. The fraction of sp³-hybridized carbons (Fsp3) is 0.250. The number of hydrogen-bond donors (Lipinski definition) is 0. The lowest BCUT2D eigenvalue weighted by Crippen LogP contribution is -2.05. The number of benzene rings is 1. The maximum absolute atomic E-state index is 12.2. The van der Waals surface area contributed by atoms with Gasteiger partial charge in [0.25, 0.3) is 0 Å². The van der Waals surface area contributed by atoms with Gasteiger partial charge in [-0.25, -0.2) is 0 Å². The Kier molecular flexibility index (Phi) is 3.24. The summed E-state index contributed by atoms with van der Waals surface area (Å²) in [4.78, 5) is 0. The van der Waals surface area contributed by atoms with E-state index in [0.29, 0.717) is 5.56 Å². The van der Waals surface area contributed by atoms with Crippen molar-refractivity contribution in [1.82, 2.24) is 0 Å². The van der Waals surface area contributed by atoms with Gasteiger partial charge < -0.3 is 0 Å². The first-order chi connectivity index (χ1) is 5.95. The highest BCUT2D eigenvalue weighted by molar-refractivity contribution is 9.10. The summed E-state index contributed by atoms with van der Waals surface area (Å²) in [6, 6.07) is 3.75. The molecule has 1 aromatic rings. The number of hydrogen-bond acceptors (Lipinski definition) is 0. The summed E-state index contributed by atoms with van der Waals surface area (Å²) in [7, 11) is 0. The van der Waals surface area contributed by atoms with Crippen molar-refractivity contribution in [1.29, 1.82) is 0 Å². The van der Waals surface area contributed by atoms with E-state index in [2.05, 4.69) is 15.9 Å². The molecule has 0 saturated carbocycles. The van der Waals surface area contributed by atoms with Crippen LogP contribution in [0, 0.1) is 0 Å². The van der Waals surface area contributed by atoms with Crippen LogP contribution in [-0.2, 0) is 12.1 Å². The van der Waals surface area contributed by atoms with Crippen LogP contribution in [0.4, 0.5) is 13.2 Å². The van der Waals surface area contributed by atoms with Gasteiger partial charge in [-0.15, -0.1) is 11.6 Å². The zero-order valence-electron chi connectivity index (χ0n) is 6.33. The molecule has 0 atom stereocenters. The first-order valence-corrected chi connectivity index (χ1v) is 4.69. The Labute approximate surface area is 86.8 Å². The first kappa shape index (κ1) is 10.9. The molecule has 5 heteroatoms. The summed E-state index contributed by atoms with van der Waals surface area (Å²) >= 11 is 8.31. The average Bonchev–Trinajstić information content (AvgIpc) is 2.01. The monoisotopic (exact) mass is 272 g/mol. The molecule has 0 spiro atoms. The van der Waals surface area contributed by atoms with E-state index in [1.165, 1.54) is 12.1 Å². The van der Waals surface area contributed by atoms with Crippen molar-refractivity contribution < 1.29 is 13.2 Å². The largest absolute Gasteiger partial charge is 0.417 e. The molecule has 1 aromatic carbocycles. The van der Waals surface area contributed by atoms with Gasteiger partial charge in [0.1, 0.15) is 0 Å². The van der Waals surface area contributed by atoms with Crippen molar-refractivity contribution in [2.75, 3.05) is 0 Å². The predicted molar refractivity (Wildman–Crippen MR) is 48.7 cm³/mol. The standard InChI is InChI=1S/C8H5BrClF3/c9-7-3-5(4-10)1-2-6(7)8(11,12)13/h1-3H,4H2. The molecule has 0 aromatic heterocycles. The molecule has 0 unspecified atom stereocenters. The third kappa shape index (κ3) is 2.61. The van der Waals surface area contributed by atoms with Crippen molar-refractivity contribution in [3.63, 3.8) is 0 Å². The first-order valence-electron chi connectivity index (χ1n) is 3.36. The van der Waals surface area contributed by atoms with Crippen LogP contribution >= 0.6 is 27.5 Å². The molecule has 0 aliphatic carbocycles. The van der Waals surface area contributed by atoms with E-state index in [9.17, 15) is 13.2 Å². The molecule has 0 aliphatic rings. The molecule has 0 fully saturated rings. The van der Waals surface area contributed by atoms with Gasteiger partial charge >= 0.3 is 6.18 Å². The minimum atomic E-state index is -4.32. The molecule has 0 heterocycles. The van der Waals surface area contributed by atoms with E-state index < -0.39 is 11.7 Å². The lowest BCUT2D eigenvalue weighted by Gasteiger charge is -2.09. The van der Waals surface area contributed by atoms with Gasteiger partial charge in [0, 0.05) is 10.4 Å². The van der Waals surface area contributed by atoms with Crippen LogP contribution in [0.15, 0.2) is 22.7 Å². The second-order valence-electron chi connectivity index (χ2n) is 2.45. The molecule has 1 rings (SSSR count). The zero-order chi connectivity index (χ0) is 10.1. The SMILES string of the molecule is FC(F)(F)c1ccc(CCl)cc1Br. The van der Waals surface area contributed by atoms with Crippen molar-refractivity contribution in [2.24, 2.45) is 0 Å². The van der Waals surface area contributed by atoms with Crippen molar-refractivity contribution >= 4 is 27.5 Å². The molecule has 72 valence electrons. The van der Waals surface area contributed by atoms with E-state index in [0.717, 1.165) is 6.07 Å². The Morgan fingerprint density at radius 1 is 1.31 bits per heavy atom. The van der Waals surface area contributed by atoms with Gasteiger partial charge in [-0.3, -0.25) is 0 Å². The Bertz CT molecular complexity index is 309. The van der Waals surface area contributed by atoms with Crippen LogP contribution in [0.5, 0.6) is 0 Å². The Balaban J connectivity index is 3.13. The summed E-state index contributed by atoms with van der Waals surface area (Å²) in [5, 5.41) is 0. The second kappa shape index (κ2) is 3.88.